The Kier molecular flexibility index (Phi) is 4.62. The lowest BCUT2D eigenvalue weighted by Crippen LogP contribution is -2.01. The molecule has 0 fully saturated rings. The minimum absolute atomic E-state index is 0.164. The zero-order chi connectivity index (χ0) is 10.4. The first-order valence-electron chi connectivity index (χ1n) is 4.45. The molecule has 0 amide bonds. The highest BCUT2D eigenvalue weighted by molar-refractivity contribution is 7.99. The van der Waals surface area contributed by atoms with Crippen LogP contribution in [0, 0.1) is 0 Å². The third-order valence-corrected chi connectivity index (χ3v) is 2.98. The molecule has 1 atom stereocenters. The number of aromatic nitrogens is 1. The number of carbonyl (C=O) groups is 1. The highest BCUT2D eigenvalue weighted by atomic mass is 32.2. The van der Waals surface area contributed by atoms with E-state index in [1.54, 1.807) is 18.3 Å². The van der Waals surface area contributed by atoms with E-state index in [-0.39, 0.29) is 11.9 Å². The van der Waals surface area contributed by atoms with Crippen molar-refractivity contribution in [2.45, 2.75) is 23.6 Å². The van der Waals surface area contributed by atoms with Crippen LogP contribution in [0.4, 0.5) is 0 Å². The number of carbonyl (C=O) groups excluding carboxylic acids is 1. The summed E-state index contributed by atoms with van der Waals surface area (Å²) in [6.07, 6.45) is 3.18. The van der Waals surface area contributed by atoms with Crippen LogP contribution in [-0.4, -0.2) is 28.2 Å². The SMILES string of the molecule is CC(CCO)Sc1ncccc1C=O. The van der Waals surface area contributed by atoms with Gasteiger partial charge < -0.3 is 5.11 Å². The van der Waals surface area contributed by atoms with Gasteiger partial charge >= 0.3 is 0 Å². The molecule has 1 heterocycles. The lowest BCUT2D eigenvalue weighted by atomic mass is 10.3. The molecule has 0 aliphatic heterocycles. The van der Waals surface area contributed by atoms with Gasteiger partial charge in [0, 0.05) is 23.6 Å². The van der Waals surface area contributed by atoms with E-state index < -0.39 is 0 Å². The van der Waals surface area contributed by atoms with Crippen molar-refractivity contribution in [2.24, 2.45) is 0 Å². The average Bonchev–Trinajstić information content (AvgIpc) is 2.19. The number of aldehydes is 1. The minimum atomic E-state index is 0.164. The van der Waals surface area contributed by atoms with Gasteiger partial charge in [0.1, 0.15) is 5.03 Å². The molecule has 0 aliphatic carbocycles. The van der Waals surface area contributed by atoms with Gasteiger partial charge in [0.05, 0.1) is 0 Å². The molecule has 3 nitrogen and oxygen atoms in total. The fourth-order valence-corrected chi connectivity index (χ4v) is 2.00. The second-order valence-corrected chi connectivity index (χ2v) is 4.38. The van der Waals surface area contributed by atoms with Gasteiger partial charge in [0.2, 0.25) is 0 Å². The molecule has 0 saturated heterocycles. The Morgan fingerprint density at radius 3 is 3.14 bits per heavy atom. The summed E-state index contributed by atoms with van der Waals surface area (Å²) in [6.45, 7) is 2.17. The van der Waals surface area contributed by atoms with E-state index >= 15 is 0 Å². The Labute approximate surface area is 87.6 Å². The quantitative estimate of drug-likeness (QED) is 0.595. The normalized spacial score (nSPS) is 12.4. The number of pyridine rings is 1. The second-order valence-electron chi connectivity index (χ2n) is 2.96. The minimum Gasteiger partial charge on any atom is -0.396 e. The number of aliphatic hydroxyl groups excluding tert-OH is 1. The Balaban J connectivity index is 2.70. The molecule has 1 N–H and O–H groups in total. The van der Waals surface area contributed by atoms with Gasteiger partial charge in [-0.3, -0.25) is 4.79 Å². The van der Waals surface area contributed by atoms with Crippen LogP contribution >= 0.6 is 11.8 Å². The van der Waals surface area contributed by atoms with Gasteiger partial charge in [-0.2, -0.15) is 0 Å². The van der Waals surface area contributed by atoms with Gasteiger partial charge in [-0.1, -0.05) is 6.92 Å². The van der Waals surface area contributed by atoms with Gasteiger partial charge in [-0.05, 0) is 18.6 Å². The predicted octanol–water partition coefficient (Wildman–Crippen LogP) is 1.76. The van der Waals surface area contributed by atoms with E-state index in [0.29, 0.717) is 12.0 Å². The maximum atomic E-state index is 10.7. The van der Waals surface area contributed by atoms with Crippen LogP contribution in [0.2, 0.25) is 0 Å². The largest absolute Gasteiger partial charge is 0.396 e. The summed E-state index contributed by atoms with van der Waals surface area (Å²) < 4.78 is 0. The molecule has 0 saturated carbocycles. The van der Waals surface area contributed by atoms with Gasteiger partial charge in [-0.25, -0.2) is 4.98 Å². The fraction of sp³-hybridized carbons (Fsp3) is 0.400. The van der Waals surface area contributed by atoms with Gasteiger partial charge in [0.25, 0.3) is 0 Å². The first-order chi connectivity index (χ1) is 6.77. The molecule has 76 valence electrons. The number of nitrogens with zero attached hydrogens (tertiary/aromatic N) is 1. The van der Waals surface area contributed by atoms with Crippen LogP contribution < -0.4 is 0 Å². The molecule has 14 heavy (non-hydrogen) atoms. The summed E-state index contributed by atoms with van der Waals surface area (Å²) >= 11 is 1.52. The highest BCUT2D eigenvalue weighted by Gasteiger charge is 2.08. The van der Waals surface area contributed by atoms with Crippen LogP contribution in [-0.2, 0) is 0 Å². The molecule has 1 unspecified atom stereocenters. The van der Waals surface area contributed by atoms with E-state index in [0.717, 1.165) is 11.3 Å². The van der Waals surface area contributed by atoms with Crippen molar-refractivity contribution >= 4 is 18.0 Å². The fourth-order valence-electron chi connectivity index (χ4n) is 1.02. The topological polar surface area (TPSA) is 50.2 Å². The summed E-state index contributed by atoms with van der Waals surface area (Å²) in [5.41, 5.74) is 0.613. The number of aliphatic hydroxyl groups is 1. The van der Waals surface area contributed by atoms with E-state index in [4.69, 9.17) is 5.11 Å². The van der Waals surface area contributed by atoms with E-state index in [1.165, 1.54) is 11.8 Å². The predicted molar refractivity (Wildman–Crippen MR) is 56.6 cm³/mol. The maximum Gasteiger partial charge on any atom is 0.152 e. The van der Waals surface area contributed by atoms with E-state index in [1.807, 2.05) is 6.92 Å². The standard InChI is InChI=1S/C10H13NO2S/c1-8(4-6-12)14-10-9(7-13)3-2-5-11-10/h2-3,5,7-8,12H,4,6H2,1H3. The Morgan fingerprint density at radius 2 is 2.50 bits per heavy atom. The molecule has 1 rings (SSSR count). The molecule has 4 heteroatoms. The zero-order valence-corrected chi connectivity index (χ0v) is 8.83. The molecule has 0 spiro atoms. The third-order valence-electron chi connectivity index (χ3n) is 1.78. The molecule has 1 aromatic rings. The van der Waals surface area contributed by atoms with Crippen molar-refractivity contribution in [3.05, 3.63) is 23.9 Å². The number of rotatable bonds is 5. The Morgan fingerprint density at radius 1 is 1.71 bits per heavy atom. The van der Waals surface area contributed by atoms with Crippen molar-refractivity contribution in [1.29, 1.82) is 0 Å². The van der Waals surface area contributed by atoms with Crippen molar-refractivity contribution < 1.29 is 9.90 Å². The van der Waals surface area contributed by atoms with Crippen molar-refractivity contribution in [1.82, 2.24) is 4.98 Å². The summed E-state index contributed by atoms with van der Waals surface area (Å²) in [7, 11) is 0. The van der Waals surface area contributed by atoms with Crippen LogP contribution in [0.25, 0.3) is 0 Å². The maximum absolute atomic E-state index is 10.7. The summed E-state index contributed by atoms with van der Waals surface area (Å²) in [5, 5.41) is 9.75. The molecule has 0 aliphatic rings. The molecule has 0 bridgehead atoms. The second kappa shape index (κ2) is 5.78. The number of hydrogen-bond acceptors (Lipinski definition) is 4. The van der Waals surface area contributed by atoms with Crippen molar-refractivity contribution in [3.8, 4) is 0 Å². The van der Waals surface area contributed by atoms with Crippen molar-refractivity contribution in [2.75, 3.05) is 6.61 Å². The first kappa shape index (κ1) is 11.2. The monoisotopic (exact) mass is 211 g/mol. The van der Waals surface area contributed by atoms with E-state index in [2.05, 4.69) is 4.98 Å². The molecular weight excluding hydrogens is 198 g/mol. The van der Waals surface area contributed by atoms with Gasteiger partial charge in [-0.15, -0.1) is 11.8 Å². The Bertz CT molecular complexity index is 304. The van der Waals surface area contributed by atoms with Crippen LogP contribution in [0.5, 0.6) is 0 Å². The average molecular weight is 211 g/mol. The van der Waals surface area contributed by atoms with Gasteiger partial charge in [0.15, 0.2) is 6.29 Å². The molecule has 0 radical (unpaired) electrons. The third kappa shape index (κ3) is 3.12. The lowest BCUT2D eigenvalue weighted by molar-refractivity contribution is 0.112. The molecular formula is C10H13NO2S. The first-order valence-corrected chi connectivity index (χ1v) is 5.33. The smallest absolute Gasteiger partial charge is 0.152 e. The highest BCUT2D eigenvalue weighted by Crippen LogP contribution is 2.25. The summed E-state index contributed by atoms with van der Waals surface area (Å²) in [4.78, 5) is 14.8. The van der Waals surface area contributed by atoms with Crippen molar-refractivity contribution in [3.63, 3.8) is 0 Å². The van der Waals surface area contributed by atoms with Crippen LogP contribution in [0.15, 0.2) is 23.4 Å². The van der Waals surface area contributed by atoms with Crippen LogP contribution in [0.3, 0.4) is 0 Å². The number of thioether (sulfide) groups is 1. The number of hydrogen-bond donors (Lipinski definition) is 1. The zero-order valence-electron chi connectivity index (χ0n) is 8.01. The Hall–Kier alpha value is -0.870. The molecule has 0 aromatic carbocycles. The summed E-state index contributed by atoms with van der Waals surface area (Å²) in [5.74, 6) is 0. The van der Waals surface area contributed by atoms with E-state index in [9.17, 15) is 4.79 Å². The summed E-state index contributed by atoms with van der Waals surface area (Å²) in [6, 6.07) is 3.48. The molecule has 1 aromatic heterocycles. The lowest BCUT2D eigenvalue weighted by Gasteiger charge is -2.09. The van der Waals surface area contributed by atoms with Crippen LogP contribution in [0.1, 0.15) is 23.7 Å².